The fraction of sp³-hybridized carbons (Fsp3) is 0.389. The number of rotatable bonds is 6. The van der Waals surface area contributed by atoms with E-state index in [1.54, 1.807) is 29.6 Å². The lowest BCUT2D eigenvalue weighted by atomic mass is 9.87. The van der Waals surface area contributed by atoms with Gasteiger partial charge in [0, 0.05) is 0 Å². The summed E-state index contributed by atoms with van der Waals surface area (Å²) in [5.41, 5.74) is -0.259. The minimum atomic E-state index is -0.420. The second-order valence-electron chi connectivity index (χ2n) is 6.45. The molecule has 0 aliphatic carbocycles. The van der Waals surface area contributed by atoms with E-state index in [0.29, 0.717) is 10.6 Å². The SMILES string of the molecule is COc1ccsc1C(=O)NC(COc1ccccc1F)C(C)(C)C. The van der Waals surface area contributed by atoms with E-state index in [2.05, 4.69) is 5.32 Å². The van der Waals surface area contributed by atoms with Gasteiger partial charge in [0.2, 0.25) is 0 Å². The number of carbonyl (C=O) groups is 1. The van der Waals surface area contributed by atoms with Gasteiger partial charge in [-0.05, 0) is 29.0 Å². The molecule has 1 unspecified atom stereocenters. The standard InChI is InChI=1S/C18H22FNO3S/c1-18(2,3)15(11-23-13-8-6-5-7-12(13)19)20-17(21)16-14(22-4)9-10-24-16/h5-10,15H,11H2,1-4H3,(H,20,21). The van der Waals surface area contributed by atoms with Crippen LogP contribution in [-0.4, -0.2) is 25.7 Å². The van der Waals surface area contributed by atoms with Gasteiger partial charge in [-0.25, -0.2) is 4.39 Å². The molecule has 24 heavy (non-hydrogen) atoms. The molecule has 1 N–H and O–H groups in total. The van der Waals surface area contributed by atoms with E-state index < -0.39 is 5.82 Å². The highest BCUT2D eigenvalue weighted by Crippen LogP contribution is 2.26. The number of ether oxygens (including phenoxy) is 2. The topological polar surface area (TPSA) is 47.6 Å². The minimum Gasteiger partial charge on any atom is -0.495 e. The molecular formula is C18H22FNO3S. The van der Waals surface area contributed by atoms with Gasteiger partial charge in [0.25, 0.3) is 5.91 Å². The fourth-order valence-corrected chi connectivity index (χ4v) is 2.85. The van der Waals surface area contributed by atoms with Crippen LogP contribution in [0.5, 0.6) is 11.5 Å². The number of benzene rings is 1. The van der Waals surface area contributed by atoms with E-state index in [9.17, 15) is 9.18 Å². The summed E-state index contributed by atoms with van der Waals surface area (Å²) in [4.78, 5) is 13.0. The zero-order chi connectivity index (χ0) is 17.7. The summed E-state index contributed by atoms with van der Waals surface area (Å²) in [6, 6.07) is 7.68. The van der Waals surface area contributed by atoms with Crippen LogP contribution in [0.1, 0.15) is 30.4 Å². The van der Waals surface area contributed by atoms with Crippen LogP contribution in [0, 0.1) is 11.2 Å². The monoisotopic (exact) mass is 351 g/mol. The van der Waals surface area contributed by atoms with Gasteiger partial charge >= 0.3 is 0 Å². The molecule has 0 fully saturated rings. The highest BCUT2D eigenvalue weighted by atomic mass is 32.1. The molecule has 6 heteroatoms. The van der Waals surface area contributed by atoms with E-state index in [0.717, 1.165) is 0 Å². The van der Waals surface area contributed by atoms with Gasteiger partial charge in [-0.3, -0.25) is 4.79 Å². The Morgan fingerprint density at radius 2 is 1.96 bits per heavy atom. The first kappa shape index (κ1) is 18.3. The first-order valence-electron chi connectivity index (χ1n) is 7.62. The Labute approximate surface area is 145 Å². The molecule has 1 aromatic carbocycles. The zero-order valence-corrected chi connectivity index (χ0v) is 15.1. The van der Waals surface area contributed by atoms with Crippen molar-refractivity contribution in [1.29, 1.82) is 0 Å². The second-order valence-corrected chi connectivity index (χ2v) is 7.37. The summed E-state index contributed by atoms with van der Waals surface area (Å²) in [6.45, 7) is 6.15. The highest BCUT2D eigenvalue weighted by molar-refractivity contribution is 7.12. The van der Waals surface area contributed by atoms with Crippen molar-refractivity contribution in [2.45, 2.75) is 26.8 Å². The molecule has 130 valence electrons. The smallest absolute Gasteiger partial charge is 0.265 e. The van der Waals surface area contributed by atoms with Crippen LogP contribution < -0.4 is 14.8 Å². The number of hydrogen-bond donors (Lipinski definition) is 1. The number of hydrogen-bond acceptors (Lipinski definition) is 4. The molecule has 1 amide bonds. The zero-order valence-electron chi connectivity index (χ0n) is 14.3. The van der Waals surface area contributed by atoms with Gasteiger partial charge in [-0.2, -0.15) is 0 Å². The summed E-state index contributed by atoms with van der Waals surface area (Å²) < 4.78 is 24.5. The lowest BCUT2D eigenvalue weighted by Gasteiger charge is -2.31. The molecular weight excluding hydrogens is 329 g/mol. The number of amides is 1. The highest BCUT2D eigenvalue weighted by Gasteiger charge is 2.29. The van der Waals surface area contributed by atoms with E-state index in [1.165, 1.54) is 24.5 Å². The quantitative estimate of drug-likeness (QED) is 0.852. The van der Waals surface area contributed by atoms with Crippen molar-refractivity contribution in [2.75, 3.05) is 13.7 Å². The maximum Gasteiger partial charge on any atom is 0.265 e. The maximum atomic E-state index is 13.7. The van der Waals surface area contributed by atoms with E-state index in [-0.39, 0.29) is 29.7 Å². The molecule has 0 saturated carbocycles. The van der Waals surface area contributed by atoms with Crippen molar-refractivity contribution in [3.63, 3.8) is 0 Å². The summed E-state index contributed by atoms with van der Waals surface area (Å²) in [5.74, 6) is 0.0743. The number of carbonyl (C=O) groups excluding carboxylic acids is 1. The number of para-hydroxylation sites is 1. The van der Waals surface area contributed by atoms with Crippen molar-refractivity contribution in [3.05, 3.63) is 46.4 Å². The average Bonchev–Trinajstić information content (AvgIpc) is 3.00. The summed E-state index contributed by atoms with van der Waals surface area (Å²) in [6.07, 6.45) is 0. The Bertz CT molecular complexity index is 694. The molecule has 0 radical (unpaired) electrons. The molecule has 0 aliphatic rings. The largest absolute Gasteiger partial charge is 0.495 e. The van der Waals surface area contributed by atoms with Crippen LogP contribution in [-0.2, 0) is 0 Å². The Hall–Kier alpha value is -2.08. The van der Waals surface area contributed by atoms with Crippen LogP contribution >= 0.6 is 11.3 Å². The fourth-order valence-electron chi connectivity index (χ4n) is 2.09. The summed E-state index contributed by atoms with van der Waals surface area (Å²) in [5, 5.41) is 4.77. The maximum absolute atomic E-state index is 13.7. The molecule has 0 spiro atoms. The van der Waals surface area contributed by atoms with Crippen LogP contribution in [0.25, 0.3) is 0 Å². The third-order valence-corrected chi connectivity index (χ3v) is 4.54. The van der Waals surface area contributed by atoms with Gasteiger partial charge in [-0.1, -0.05) is 32.9 Å². The van der Waals surface area contributed by atoms with Gasteiger partial charge in [0.05, 0.1) is 13.2 Å². The lowest BCUT2D eigenvalue weighted by Crippen LogP contribution is -2.47. The molecule has 2 aromatic rings. The predicted octanol–water partition coefficient (Wildman–Crippen LogP) is 4.12. The molecule has 0 saturated heterocycles. The third kappa shape index (κ3) is 4.47. The molecule has 2 rings (SSSR count). The Kier molecular flexibility index (Phi) is 5.83. The predicted molar refractivity (Wildman–Crippen MR) is 93.5 cm³/mol. The molecule has 0 aliphatic heterocycles. The van der Waals surface area contributed by atoms with Crippen LogP contribution in [0.15, 0.2) is 35.7 Å². The van der Waals surface area contributed by atoms with Gasteiger partial charge in [-0.15, -0.1) is 11.3 Å². The summed E-state index contributed by atoms with van der Waals surface area (Å²) >= 11 is 1.31. The van der Waals surface area contributed by atoms with Crippen molar-refractivity contribution < 1.29 is 18.7 Å². The van der Waals surface area contributed by atoms with Crippen LogP contribution in [0.4, 0.5) is 4.39 Å². The van der Waals surface area contributed by atoms with Crippen molar-refractivity contribution in [1.82, 2.24) is 5.32 Å². The normalized spacial score (nSPS) is 12.5. The molecule has 0 bridgehead atoms. The molecule has 1 aromatic heterocycles. The van der Waals surface area contributed by atoms with Gasteiger partial charge < -0.3 is 14.8 Å². The Morgan fingerprint density at radius 1 is 1.25 bits per heavy atom. The Morgan fingerprint density at radius 3 is 2.58 bits per heavy atom. The summed E-state index contributed by atoms with van der Waals surface area (Å²) in [7, 11) is 1.53. The van der Waals surface area contributed by atoms with E-state index in [4.69, 9.17) is 9.47 Å². The van der Waals surface area contributed by atoms with Crippen LogP contribution in [0.3, 0.4) is 0 Å². The van der Waals surface area contributed by atoms with E-state index in [1.807, 2.05) is 20.8 Å². The Balaban J connectivity index is 2.09. The molecule has 1 heterocycles. The number of nitrogens with one attached hydrogen (secondary N) is 1. The number of halogens is 1. The van der Waals surface area contributed by atoms with Crippen molar-refractivity contribution in [3.8, 4) is 11.5 Å². The molecule has 4 nitrogen and oxygen atoms in total. The molecule has 1 atom stereocenters. The first-order valence-corrected chi connectivity index (χ1v) is 8.50. The second kappa shape index (κ2) is 7.66. The van der Waals surface area contributed by atoms with Gasteiger partial charge in [0.1, 0.15) is 17.2 Å². The van der Waals surface area contributed by atoms with Crippen LogP contribution in [0.2, 0.25) is 0 Å². The minimum absolute atomic E-state index is 0.171. The van der Waals surface area contributed by atoms with E-state index >= 15 is 0 Å². The van der Waals surface area contributed by atoms with Crippen molar-refractivity contribution in [2.24, 2.45) is 5.41 Å². The number of thiophene rings is 1. The third-order valence-electron chi connectivity index (χ3n) is 3.65. The average molecular weight is 351 g/mol. The number of methoxy groups -OCH3 is 1. The lowest BCUT2D eigenvalue weighted by molar-refractivity contribution is 0.0862. The van der Waals surface area contributed by atoms with Crippen molar-refractivity contribution >= 4 is 17.2 Å². The first-order chi connectivity index (χ1) is 11.3. The van der Waals surface area contributed by atoms with Gasteiger partial charge in [0.15, 0.2) is 11.6 Å².